The van der Waals surface area contributed by atoms with Crippen LogP contribution in [0.3, 0.4) is 0 Å². The van der Waals surface area contributed by atoms with E-state index in [1.807, 2.05) is 0 Å². The summed E-state index contributed by atoms with van der Waals surface area (Å²) in [5, 5.41) is 13.2. The fourth-order valence-corrected chi connectivity index (χ4v) is 1.86. The molecule has 0 heterocycles. The van der Waals surface area contributed by atoms with Crippen LogP contribution in [0.5, 0.6) is 0 Å². The number of aryl methyl sites for hydroxylation is 1. The van der Waals surface area contributed by atoms with Crippen LogP contribution in [0.1, 0.15) is 21.5 Å². The first kappa shape index (κ1) is 15.6. The van der Waals surface area contributed by atoms with Crippen LogP contribution in [0.4, 0.5) is 20.2 Å². The average Bonchev–Trinajstić information content (AvgIpc) is 2.45. The molecule has 0 bridgehead atoms. The third-order valence-electron chi connectivity index (χ3n) is 3.21. The predicted molar refractivity (Wildman–Crippen MR) is 76.9 cm³/mol. The Bertz CT molecular complexity index is 776. The molecule has 0 saturated carbocycles. The Kier molecular flexibility index (Phi) is 4.16. The molecule has 2 rings (SSSR count). The summed E-state index contributed by atoms with van der Waals surface area (Å²) < 4.78 is 27.1. The molecule has 0 radical (unpaired) electrons. The first-order chi connectivity index (χ1) is 10.3. The zero-order valence-electron chi connectivity index (χ0n) is 11.8. The molecule has 0 unspecified atom stereocenters. The topological polar surface area (TPSA) is 72.2 Å². The van der Waals surface area contributed by atoms with Crippen LogP contribution in [0.25, 0.3) is 0 Å². The first-order valence-corrected chi connectivity index (χ1v) is 6.31. The lowest BCUT2D eigenvalue weighted by Gasteiger charge is -2.08. The second-order valence-electron chi connectivity index (χ2n) is 4.78. The van der Waals surface area contributed by atoms with Crippen molar-refractivity contribution in [3.63, 3.8) is 0 Å². The van der Waals surface area contributed by atoms with E-state index in [1.165, 1.54) is 19.1 Å². The van der Waals surface area contributed by atoms with Gasteiger partial charge in [0.1, 0.15) is 11.6 Å². The largest absolute Gasteiger partial charge is 0.322 e. The van der Waals surface area contributed by atoms with Gasteiger partial charge < -0.3 is 5.32 Å². The zero-order valence-corrected chi connectivity index (χ0v) is 11.8. The Morgan fingerprint density at radius 2 is 1.82 bits per heavy atom. The second kappa shape index (κ2) is 5.88. The number of carbonyl (C=O) groups excluding carboxylic acids is 1. The van der Waals surface area contributed by atoms with Gasteiger partial charge in [0, 0.05) is 17.3 Å². The summed E-state index contributed by atoms with van der Waals surface area (Å²) in [7, 11) is 0. The highest BCUT2D eigenvalue weighted by Crippen LogP contribution is 2.23. The van der Waals surface area contributed by atoms with E-state index >= 15 is 0 Å². The Morgan fingerprint density at radius 3 is 2.41 bits per heavy atom. The summed E-state index contributed by atoms with van der Waals surface area (Å²) >= 11 is 0. The van der Waals surface area contributed by atoms with Crippen LogP contribution in [0.15, 0.2) is 30.3 Å². The molecule has 1 amide bonds. The van der Waals surface area contributed by atoms with Crippen molar-refractivity contribution < 1.29 is 18.5 Å². The number of halogens is 2. The fraction of sp³-hybridized carbons (Fsp3) is 0.133. The van der Waals surface area contributed by atoms with Crippen molar-refractivity contribution in [2.24, 2.45) is 0 Å². The monoisotopic (exact) mass is 306 g/mol. The van der Waals surface area contributed by atoms with Crippen LogP contribution in [-0.2, 0) is 0 Å². The van der Waals surface area contributed by atoms with Crippen molar-refractivity contribution in [1.82, 2.24) is 0 Å². The van der Waals surface area contributed by atoms with Gasteiger partial charge in [0.2, 0.25) is 0 Å². The van der Waals surface area contributed by atoms with Crippen LogP contribution < -0.4 is 5.32 Å². The number of nitrogens with zero attached hydrogens (tertiary/aromatic N) is 1. The number of nitro benzene ring substituents is 1. The maximum atomic E-state index is 13.7. The van der Waals surface area contributed by atoms with Gasteiger partial charge in [-0.3, -0.25) is 14.9 Å². The second-order valence-corrected chi connectivity index (χ2v) is 4.78. The minimum atomic E-state index is -0.852. The maximum absolute atomic E-state index is 13.7. The van der Waals surface area contributed by atoms with Crippen LogP contribution in [-0.4, -0.2) is 10.8 Å². The molecule has 0 atom stereocenters. The fourth-order valence-electron chi connectivity index (χ4n) is 1.86. The van der Waals surface area contributed by atoms with Crippen LogP contribution in [0, 0.1) is 35.6 Å². The predicted octanol–water partition coefficient (Wildman–Crippen LogP) is 3.74. The molecule has 5 nitrogen and oxygen atoms in total. The van der Waals surface area contributed by atoms with Crippen molar-refractivity contribution in [2.45, 2.75) is 13.8 Å². The highest BCUT2D eigenvalue weighted by Gasteiger charge is 2.19. The minimum Gasteiger partial charge on any atom is -0.322 e. The first-order valence-electron chi connectivity index (χ1n) is 6.31. The van der Waals surface area contributed by atoms with Crippen molar-refractivity contribution >= 4 is 17.3 Å². The molecule has 2 aromatic carbocycles. The highest BCUT2D eigenvalue weighted by atomic mass is 19.1. The summed E-state index contributed by atoms with van der Waals surface area (Å²) in [6, 6.07) is 5.96. The summed E-state index contributed by atoms with van der Waals surface area (Å²) in [5.74, 6) is -2.11. The van der Waals surface area contributed by atoms with E-state index in [1.54, 1.807) is 6.92 Å². The number of nitrogens with one attached hydrogen (secondary N) is 1. The van der Waals surface area contributed by atoms with Gasteiger partial charge in [-0.1, -0.05) is 6.07 Å². The number of hydrogen-bond donors (Lipinski definition) is 1. The number of anilines is 1. The van der Waals surface area contributed by atoms with E-state index in [-0.39, 0.29) is 16.8 Å². The van der Waals surface area contributed by atoms with Gasteiger partial charge in [0.15, 0.2) is 0 Å². The van der Waals surface area contributed by atoms with Crippen molar-refractivity contribution in [1.29, 1.82) is 0 Å². The summed E-state index contributed by atoms with van der Waals surface area (Å²) in [6.07, 6.45) is 0. The lowest BCUT2D eigenvalue weighted by Crippen LogP contribution is -2.13. The number of hydrogen-bond acceptors (Lipinski definition) is 3. The number of carbonyl (C=O) groups is 1. The molecule has 1 N–H and O–H groups in total. The molecular weight excluding hydrogens is 294 g/mol. The summed E-state index contributed by atoms with van der Waals surface area (Å²) in [6.45, 7) is 2.82. The highest BCUT2D eigenvalue weighted by molar-refractivity contribution is 6.04. The van der Waals surface area contributed by atoms with Gasteiger partial charge in [-0.15, -0.1) is 0 Å². The van der Waals surface area contributed by atoms with E-state index in [0.717, 1.165) is 18.2 Å². The van der Waals surface area contributed by atoms with Crippen LogP contribution >= 0.6 is 0 Å². The molecule has 0 aliphatic carbocycles. The lowest BCUT2D eigenvalue weighted by atomic mass is 10.1. The normalized spacial score (nSPS) is 10.4. The molecule has 0 spiro atoms. The van der Waals surface area contributed by atoms with Gasteiger partial charge in [-0.2, -0.15) is 0 Å². The quantitative estimate of drug-likeness (QED) is 0.693. The number of amides is 1. The summed E-state index contributed by atoms with van der Waals surface area (Å²) in [4.78, 5) is 22.1. The van der Waals surface area contributed by atoms with Crippen molar-refractivity contribution in [2.75, 3.05) is 5.32 Å². The van der Waals surface area contributed by atoms with E-state index in [0.29, 0.717) is 5.56 Å². The molecule has 22 heavy (non-hydrogen) atoms. The smallest absolute Gasteiger partial charge is 0.276 e. The van der Waals surface area contributed by atoms with Gasteiger partial charge in [0.05, 0.1) is 10.5 Å². The summed E-state index contributed by atoms with van der Waals surface area (Å²) in [5.41, 5.74) is -0.259. The molecule has 0 aliphatic heterocycles. The van der Waals surface area contributed by atoms with E-state index in [4.69, 9.17) is 0 Å². The Hall–Kier alpha value is -2.83. The van der Waals surface area contributed by atoms with E-state index in [2.05, 4.69) is 5.32 Å². The number of rotatable bonds is 3. The molecule has 2 aromatic rings. The van der Waals surface area contributed by atoms with E-state index in [9.17, 15) is 23.7 Å². The molecular formula is C15H12F2N2O3. The minimum absolute atomic E-state index is 0.150. The van der Waals surface area contributed by atoms with Gasteiger partial charge in [-0.05, 0) is 37.6 Å². The molecule has 0 aliphatic rings. The molecule has 7 heteroatoms. The average molecular weight is 306 g/mol. The third-order valence-corrected chi connectivity index (χ3v) is 3.21. The third kappa shape index (κ3) is 3.08. The molecule has 0 fully saturated rings. The van der Waals surface area contributed by atoms with E-state index < -0.39 is 28.2 Å². The van der Waals surface area contributed by atoms with Gasteiger partial charge >= 0.3 is 0 Å². The maximum Gasteiger partial charge on any atom is 0.276 e. The van der Waals surface area contributed by atoms with Gasteiger partial charge in [-0.25, -0.2) is 8.78 Å². The number of nitro groups is 1. The molecule has 0 saturated heterocycles. The van der Waals surface area contributed by atoms with Gasteiger partial charge in [0.25, 0.3) is 11.6 Å². The Labute approximate surface area is 124 Å². The van der Waals surface area contributed by atoms with Crippen molar-refractivity contribution in [3.8, 4) is 0 Å². The zero-order chi connectivity index (χ0) is 16.4. The Balaban J connectivity index is 2.33. The lowest BCUT2D eigenvalue weighted by molar-refractivity contribution is -0.385. The SMILES string of the molecule is Cc1ccc(NC(=O)c2cc(F)c(C)c([N+](=O)[O-])c2)cc1F. The Morgan fingerprint density at radius 1 is 1.14 bits per heavy atom. The number of benzene rings is 2. The van der Waals surface area contributed by atoms with Crippen molar-refractivity contribution in [3.05, 3.63) is 68.8 Å². The van der Waals surface area contributed by atoms with Crippen LogP contribution in [0.2, 0.25) is 0 Å². The standard InChI is InChI=1S/C15H12F2N2O3/c1-8-3-4-11(7-12(8)16)18-15(20)10-5-13(17)9(2)14(6-10)19(21)22/h3-7H,1-2H3,(H,18,20). The molecule has 0 aromatic heterocycles. The molecule has 114 valence electrons.